The topological polar surface area (TPSA) is 168 Å². The molecular formula is C42H46Cl2FN9O5. The van der Waals surface area contributed by atoms with Crippen LogP contribution in [-0.2, 0) is 20.9 Å². The number of imide groups is 1. The number of carbonyl (C=O) groups excluding carboxylic acids is 4. The number of aromatic nitrogens is 3. The molecule has 3 fully saturated rings. The van der Waals surface area contributed by atoms with E-state index in [1.165, 1.54) is 12.1 Å². The molecule has 0 radical (unpaired) electrons. The minimum Gasteiger partial charge on any atom is -0.482 e. The number of likely N-dealkylation sites (tertiary alicyclic amines) is 2. The fraction of sp³-hybridized carbons (Fsp3) is 0.429. The van der Waals surface area contributed by atoms with Crippen LogP contribution >= 0.6 is 23.2 Å². The summed E-state index contributed by atoms with van der Waals surface area (Å²) in [6, 6.07) is 9.79. The number of unbranched alkanes of at least 4 members (excludes halogenated alkanes) is 1. The van der Waals surface area contributed by atoms with Gasteiger partial charge in [0.1, 0.15) is 18.0 Å². The number of hydrogen-bond acceptors (Lipinski definition) is 10. The number of hydrogen-bond donors (Lipinski definition) is 3. The van der Waals surface area contributed by atoms with Gasteiger partial charge in [0.2, 0.25) is 17.7 Å². The number of pyridine rings is 1. The van der Waals surface area contributed by atoms with Crippen molar-refractivity contribution in [3.63, 3.8) is 0 Å². The van der Waals surface area contributed by atoms with E-state index in [4.69, 9.17) is 33.7 Å². The average molecular weight is 847 g/mol. The predicted molar refractivity (Wildman–Crippen MR) is 220 cm³/mol. The van der Waals surface area contributed by atoms with E-state index in [2.05, 4.69) is 25.6 Å². The lowest BCUT2D eigenvalue weighted by molar-refractivity contribution is -0.137. The molecule has 2 atom stereocenters. The van der Waals surface area contributed by atoms with Gasteiger partial charge in [0.15, 0.2) is 11.6 Å². The van der Waals surface area contributed by atoms with Gasteiger partial charge in [-0.05, 0) is 75.9 Å². The van der Waals surface area contributed by atoms with Gasteiger partial charge < -0.3 is 25.6 Å². The summed E-state index contributed by atoms with van der Waals surface area (Å²) in [6.45, 7) is 6.04. The maximum atomic E-state index is 14.1. The van der Waals surface area contributed by atoms with Crippen LogP contribution in [0.15, 0.2) is 55.0 Å². The molecule has 0 saturated carbocycles. The van der Waals surface area contributed by atoms with E-state index < -0.39 is 23.9 Å². The Bertz CT molecular complexity index is 2280. The normalized spacial score (nSPS) is 19.4. The molecule has 310 valence electrons. The highest BCUT2D eigenvalue weighted by molar-refractivity contribution is 6.36. The zero-order valence-electron chi connectivity index (χ0n) is 32.6. The maximum absolute atomic E-state index is 14.1. The van der Waals surface area contributed by atoms with E-state index in [0.29, 0.717) is 49.4 Å². The summed E-state index contributed by atoms with van der Waals surface area (Å²) < 4.78 is 22.2. The number of amides is 4. The van der Waals surface area contributed by atoms with Gasteiger partial charge in [0, 0.05) is 96.5 Å². The highest BCUT2D eigenvalue weighted by atomic mass is 35.5. The number of benzene rings is 2. The molecule has 2 aromatic carbocycles. The van der Waals surface area contributed by atoms with Crippen LogP contribution in [0.4, 0.5) is 15.9 Å². The van der Waals surface area contributed by atoms with Crippen LogP contribution < -0.4 is 21.1 Å². The van der Waals surface area contributed by atoms with E-state index in [-0.39, 0.29) is 52.1 Å². The van der Waals surface area contributed by atoms with Crippen molar-refractivity contribution in [3.8, 4) is 16.9 Å². The average Bonchev–Trinajstić information content (AvgIpc) is 3.83. The molecule has 4 aliphatic rings. The zero-order valence-corrected chi connectivity index (χ0v) is 34.1. The van der Waals surface area contributed by atoms with E-state index in [1.54, 1.807) is 36.4 Å². The number of rotatable bonds is 13. The second-order valence-corrected chi connectivity index (χ2v) is 16.5. The van der Waals surface area contributed by atoms with Gasteiger partial charge in [-0.3, -0.25) is 34.1 Å². The molecule has 0 spiro atoms. The summed E-state index contributed by atoms with van der Waals surface area (Å²) in [7, 11) is 0. The number of anilines is 2. The summed E-state index contributed by atoms with van der Waals surface area (Å²) >= 11 is 12.5. The summed E-state index contributed by atoms with van der Waals surface area (Å²) in [5.41, 5.74) is 10.4. The van der Waals surface area contributed by atoms with Crippen molar-refractivity contribution >= 4 is 58.3 Å². The number of nitrogens with zero attached hydrogens (tertiary/aromatic N) is 6. The number of ether oxygens (including phenoxy) is 1. The molecule has 0 aliphatic carbocycles. The number of halogens is 3. The third-order valence-corrected chi connectivity index (χ3v) is 12.5. The lowest BCUT2D eigenvalue weighted by Gasteiger charge is -2.40. The molecule has 2 aromatic heterocycles. The highest BCUT2D eigenvalue weighted by Gasteiger charge is 2.40. The third-order valence-electron chi connectivity index (χ3n) is 11.8. The fourth-order valence-corrected chi connectivity index (χ4v) is 9.17. The second kappa shape index (κ2) is 17.2. The number of piperidine rings is 2. The Morgan fingerprint density at radius 2 is 1.86 bits per heavy atom. The van der Waals surface area contributed by atoms with Gasteiger partial charge >= 0.3 is 0 Å². The van der Waals surface area contributed by atoms with Crippen LogP contribution in [0.5, 0.6) is 5.75 Å². The molecule has 1 unspecified atom stereocenters. The zero-order chi connectivity index (χ0) is 41.4. The van der Waals surface area contributed by atoms with Gasteiger partial charge in [-0.25, -0.2) is 9.37 Å². The molecular weight excluding hydrogens is 800 g/mol. The quantitative estimate of drug-likeness (QED) is 0.0825. The Hall–Kier alpha value is -5.25. The van der Waals surface area contributed by atoms with Crippen molar-refractivity contribution in [1.29, 1.82) is 0 Å². The molecule has 4 amide bonds. The monoisotopic (exact) mass is 845 g/mol. The Labute approximate surface area is 351 Å². The third kappa shape index (κ3) is 8.59. The summed E-state index contributed by atoms with van der Waals surface area (Å²) in [5, 5.41) is 10.8. The summed E-state index contributed by atoms with van der Waals surface area (Å²) in [6.07, 6.45) is 9.11. The number of fused-ring (bicyclic) bond motifs is 1. The van der Waals surface area contributed by atoms with Crippen molar-refractivity contribution < 1.29 is 28.3 Å². The van der Waals surface area contributed by atoms with Gasteiger partial charge in [-0.15, -0.1) is 0 Å². The summed E-state index contributed by atoms with van der Waals surface area (Å²) in [5.74, 6) is -0.816. The van der Waals surface area contributed by atoms with Crippen molar-refractivity contribution in [2.24, 2.45) is 0 Å². The maximum Gasteiger partial charge on any atom is 0.255 e. The van der Waals surface area contributed by atoms with Gasteiger partial charge in [-0.2, -0.15) is 5.10 Å². The lowest BCUT2D eigenvalue weighted by Crippen LogP contribution is -2.54. The number of nitrogen functional groups attached to an aromatic ring is 1. The Morgan fingerprint density at radius 1 is 1.07 bits per heavy atom. The first kappa shape index (κ1) is 40.5. The van der Waals surface area contributed by atoms with Crippen LogP contribution in [0.2, 0.25) is 10.0 Å². The minimum atomic E-state index is -0.695. The smallest absolute Gasteiger partial charge is 0.255 e. The molecule has 59 heavy (non-hydrogen) atoms. The molecule has 4 aliphatic heterocycles. The van der Waals surface area contributed by atoms with Crippen LogP contribution in [0, 0.1) is 5.82 Å². The predicted octanol–water partition coefficient (Wildman–Crippen LogP) is 6.00. The van der Waals surface area contributed by atoms with Crippen molar-refractivity contribution in [2.75, 3.05) is 43.8 Å². The van der Waals surface area contributed by atoms with E-state index in [0.717, 1.165) is 67.7 Å². The molecule has 17 heteroatoms. The standard InChI is InChI=1S/C42H46Cl2FN9O5/c1-24(38-31(43)8-9-32(45)39(38)44)59-35-17-25(18-47-40(35)46)26-19-48-54(20-26)28-12-15-52(16-13-28)37(56)7-2-3-14-51-21-27(22-51)49-33-6-4-5-29-30(33)23-53(42(29)58)34-10-11-36(55)50-41(34)57/h4-6,8-9,17-20,24,27-28,34,49H,2-3,7,10-16,21-23H2,1H3,(H2,46,47)(H,50,55,57)/t24-,34?/m1/s1. The second-order valence-electron chi connectivity index (χ2n) is 15.7. The van der Waals surface area contributed by atoms with Crippen LogP contribution in [-0.4, -0.2) is 97.9 Å². The minimum absolute atomic E-state index is 0.105. The number of nitrogens with one attached hydrogen (secondary N) is 2. The van der Waals surface area contributed by atoms with Gasteiger partial charge in [-0.1, -0.05) is 29.3 Å². The largest absolute Gasteiger partial charge is 0.482 e. The molecule has 4 aromatic rings. The molecule has 4 N–H and O–H groups in total. The first-order valence-electron chi connectivity index (χ1n) is 20.1. The Morgan fingerprint density at radius 3 is 2.64 bits per heavy atom. The lowest BCUT2D eigenvalue weighted by atomic mass is 10.0. The van der Waals surface area contributed by atoms with Crippen molar-refractivity contribution in [1.82, 2.24) is 34.8 Å². The van der Waals surface area contributed by atoms with Crippen LogP contribution in [0.25, 0.3) is 11.1 Å². The van der Waals surface area contributed by atoms with Gasteiger partial charge in [0.05, 0.1) is 23.3 Å². The molecule has 8 rings (SSSR count). The summed E-state index contributed by atoms with van der Waals surface area (Å²) in [4.78, 5) is 60.6. The van der Waals surface area contributed by atoms with Crippen molar-refractivity contribution in [2.45, 2.75) is 82.6 Å². The van der Waals surface area contributed by atoms with Gasteiger partial charge in [0.25, 0.3) is 5.91 Å². The van der Waals surface area contributed by atoms with E-state index in [1.807, 2.05) is 27.9 Å². The number of carbonyl (C=O) groups is 4. The Kier molecular flexibility index (Phi) is 11.8. The van der Waals surface area contributed by atoms with Crippen LogP contribution in [0.1, 0.15) is 85.5 Å². The Balaban J connectivity index is 0.750. The molecule has 0 bridgehead atoms. The number of nitrogens with two attached hydrogens (primary N) is 1. The van der Waals surface area contributed by atoms with Crippen molar-refractivity contribution in [3.05, 3.63) is 87.5 Å². The first-order valence-corrected chi connectivity index (χ1v) is 20.8. The van der Waals surface area contributed by atoms with Crippen LogP contribution in [0.3, 0.4) is 0 Å². The molecule has 6 heterocycles. The molecule has 14 nitrogen and oxygen atoms in total. The van der Waals surface area contributed by atoms with E-state index in [9.17, 15) is 23.6 Å². The van der Waals surface area contributed by atoms with E-state index >= 15 is 0 Å². The SMILES string of the molecule is C[C@@H](Oc1cc(-c2cnn(C3CCN(C(=O)CCCCN4CC(Nc5cccc6c5CN(C5CCC(=O)NC5=O)C6=O)C4)CC3)c2)cnc1N)c1c(Cl)ccc(F)c1Cl. The first-order chi connectivity index (χ1) is 28.4. The molecule has 3 saturated heterocycles. The highest BCUT2D eigenvalue weighted by Crippen LogP contribution is 2.38. The fourth-order valence-electron chi connectivity index (χ4n) is 8.49.